The second-order valence-corrected chi connectivity index (χ2v) is 9.23. The maximum atomic E-state index is 12.7. The molecule has 0 saturated carbocycles. The van der Waals surface area contributed by atoms with Gasteiger partial charge in [0.15, 0.2) is 6.10 Å². The first kappa shape index (κ1) is 21.6. The van der Waals surface area contributed by atoms with Crippen LogP contribution in [0.1, 0.15) is 30.1 Å². The predicted octanol–water partition coefficient (Wildman–Crippen LogP) is 1.82. The first-order valence-electron chi connectivity index (χ1n) is 10.1. The zero-order chi connectivity index (χ0) is 22.9. The Morgan fingerprint density at radius 1 is 1.03 bits per heavy atom. The standard InChI is InChI=1S/C21H22N4O6S/c1-13(19(26)25-10-2-3-11-25)31-20(27)14-4-6-15(7-5-14)24-32(29,30)16-8-9-17-18(12-16)23-21(28)22-17/h4-9,12-13,24H,2-3,10-11H2,1H3,(H2,22,23,28)/t13-/m1/s1. The van der Waals surface area contributed by atoms with Gasteiger partial charge in [0, 0.05) is 18.8 Å². The van der Waals surface area contributed by atoms with Gasteiger partial charge in [-0.2, -0.15) is 0 Å². The van der Waals surface area contributed by atoms with Crippen molar-refractivity contribution in [2.24, 2.45) is 0 Å². The van der Waals surface area contributed by atoms with Crippen LogP contribution in [0.5, 0.6) is 0 Å². The highest BCUT2D eigenvalue weighted by molar-refractivity contribution is 7.92. The predicted molar refractivity (Wildman–Crippen MR) is 117 cm³/mol. The lowest BCUT2D eigenvalue weighted by atomic mass is 10.2. The van der Waals surface area contributed by atoms with E-state index < -0.39 is 27.8 Å². The largest absolute Gasteiger partial charge is 0.449 e. The summed E-state index contributed by atoms with van der Waals surface area (Å²) in [6.45, 7) is 2.88. The fourth-order valence-electron chi connectivity index (χ4n) is 3.54. The third-order valence-corrected chi connectivity index (χ3v) is 6.60. The fourth-order valence-corrected chi connectivity index (χ4v) is 4.63. The van der Waals surface area contributed by atoms with Crippen molar-refractivity contribution in [1.82, 2.24) is 14.9 Å². The van der Waals surface area contributed by atoms with Crippen LogP contribution in [0.3, 0.4) is 0 Å². The van der Waals surface area contributed by atoms with Gasteiger partial charge in [-0.15, -0.1) is 0 Å². The van der Waals surface area contributed by atoms with Gasteiger partial charge in [-0.3, -0.25) is 9.52 Å². The first-order valence-corrected chi connectivity index (χ1v) is 11.6. The molecule has 1 fully saturated rings. The molecule has 1 atom stereocenters. The van der Waals surface area contributed by atoms with Gasteiger partial charge in [-0.25, -0.2) is 18.0 Å². The molecule has 1 aromatic heterocycles. The quantitative estimate of drug-likeness (QED) is 0.481. The molecule has 11 heteroatoms. The van der Waals surface area contributed by atoms with Crippen molar-refractivity contribution in [3.63, 3.8) is 0 Å². The van der Waals surface area contributed by atoms with E-state index in [1.54, 1.807) is 4.90 Å². The number of nitrogens with zero attached hydrogens (tertiary/aromatic N) is 1. The van der Waals surface area contributed by atoms with E-state index in [4.69, 9.17) is 4.74 Å². The summed E-state index contributed by atoms with van der Waals surface area (Å²) >= 11 is 0. The summed E-state index contributed by atoms with van der Waals surface area (Å²) in [6.07, 6.45) is 0.996. The number of hydrogen-bond donors (Lipinski definition) is 3. The van der Waals surface area contributed by atoms with Gasteiger partial charge in [-0.05, 0) is 62.2 Å². The van der Waals surface area contributed by atoms with Crippen LogP contribution in [0.15, 0.2) is 52.2 Å². The number of esters is 1. The summed E-state index contributed by atoms with van der Waals surface area (Å²) in [7, 11) is -3.92. The molecule has 168 valence electrons. The number of rotatable bonds is 6. The van der Waals surface area contributed by atoms with Crippen molar-refractivity contribution < 1.29 is 22.7 Å². The molecule has 2 aromatic carbocycles. The molecule has 1 amide bonds. The van der Waals surface area contributed by atoms with Crippen LogP contribution in [0, 0.1) is 0 Å². The van der Waals surface area contributed by atoms with E-state index in [1.807, 2.05) is 0 Å². The number of sulfonamides is 1. The van der Waals surface area contributed by atoms with Crippen molar-refractivity contribution in [3.05, 3.63) is 58.5 Å². The maximum Gasteiger partial charge on any atom is 0.338 e. The molecule has 1 aliphatic rings. The summed E-state index contributed by atoms with van der Waals surface area (Å²) in [6, 6.07) is 9.90. The molecule has 0 spiro atoms. The van der Waals surface area contributed by atoms with Crippen molar-refractivity contribution in [2.75, 3.05) is 17.8 Å². The number of aromatic nitrogens is 2. The third kappa shape index (κ3) is 4.52. The second-order valence-electron chi connectivity index (χ2n) is 7.55. The van der Waals surface area contributed by atoms with Gasteiger partial charge in [-0.1, -0.05) is 0 Å². The molecule has 0 bridgehead atoms. The molecule has 3 aromatic rings. The van der Waals surface area contributed by atoms with Crippen LogP contribution < -0.4 is 10.4 Å². The monoisotopic (exact) mass is 458 g/mol. The second kappa shape index (κ2) is 8.50. The number of hydrogen-bond acceptors (Lipinski definition) is 6. The van der Waals surface area contributed by atoms with E-state index in [1.165, 1.54) is 49.4 Å². The number of likely N-dealkylation sites (tertiary alicyclic amines) is 1. The number of fused-ring (bicyclic) bond motifs is 1. The van der Waals surface area contributed by atoms with E-state index >= 15 is 0 Å². The molecule has 0 unspecified atom stereocenters. The van der Waals surface area contributed by atoms with Crippen LogP contribution in [0.2, 0.25) is 0 Å². The SMILES string of the molecule is C[C@@H](OC(=O)c1ccc(NS(=O)(=O)c2ccc3[nH]c(=O)[nH]c3c2)cc1)C(=O)N1CCCC1. The van der Waals surface area contributed by atoms with E-state index in [9.17, 15) is 22.8 Å². The number of aromatic amines is 2. The molecular weight excluding hydrogens is 436 g/mol. The number of ether oxygens (including phenoxy) is 1. The Morgan fingerprint density at radius 3 is 2.38 bits per heavy atom. The van der Waals surface area contributed by atoms with E-state index in [2.05, 4.69) is 14.7 Å². The number of nitrogens with one attached hydrogen (secondary N) is 3. The lowest BCUT2D eigenvalue weighted by molar-refractivity contribution is -0.138. The number of carbonyl (C=O) groups excluding carboxylic acids is 2. The molecule has 0 radical (unpaired) electrons. The Morgan fingerprint density at radius 2 is 1.69 bits per heavy atom. The van der Waals surface area contributed by atoms with E-state index in [0.29, 0.717) is 24.1 Å². The topological polar surface area (TPSA) is 141 Å². The molecule has 2 heterocycles. The summed E-state index contributed by atoms with van der Waals surface area (Å²) in [5.74, 6) is -0.887. The highest BCUT2D eigenvalue weighted by Crippen LogP contribution is 2.20. The molecule has 0 aliphatic carbocycles. The zero-order valence-electron chi connectivity index (χ0n) is 17.3. The number of imidazole rings is 1. The number of carbonyl (C=O) groups is 2. The highest BCUT2D eigenvalue weighted by atomic mass is 32.2. The number of benzene rings is 2. The van der Waals surface area contributed by atoms with Crippen LogP contribution in [0.25, 0.3) is 11.0 Å². The minimum Gasteiger partial charge on any atom is -0.449 e. The maximum absolute atomic E-state index is 12.7. The summed E-state index contributed by atoms with van der Waals surface area (Å²) in [5.41, 5.74) is 0.870. The molecule has 32 heavy (non-hydrogen) atoms. The van der Waals surface area contributed by atoms with Gasteiger partial charge < -0.3 is 19.6 Å². The van der Waals surface area contributed by atoms with E-state index in [0.717, 1.165) is 12.8 Å². The van der Waals surface area contributed by atoms with Gasteiger partial charge in [0.25, 0.3) is 15.9 Å². The van der Waals surface area contributed by atoms with Crippen LogP contribution in [-0.4, -0.2) is 54.4 Å². The summed E-state index contributed by atoms with van der Waals surface area (Å²) in [4.78, 5) is 42.7. The van der Waals surface area contributed by atoms with Crippen molar-refractivity contribution in [2.45, 2.75) is 30.8 Å². The van der Waals surface area contributed by atoms with Crippen molar-refractivity contribution >= 4 is 38.6 Å². The third-order valence-electron chi connectivity index (χ3n) is 5.22. The number of amides is 1. The number of anilines is 1. The Bertz CT molecular complexity index is 1320. The van der Waals surface area contributed by atoms with Crippen LogP contribution in [-0.2, 0) is 19.6 Å². The molecule has 10 nitrogen and oxygen atoms in total. The average molecular weight is 458 g/mol. The molecule has 3 N–H and O–H groups in total. The molecule has 1 saturated heterocycles. The van der Waals surface area contributed by atoms with Crippen molar-refractivity contribution in [1.29, 1.82) is 0 Å². The lowest BCUT2D eigenvalue weighted by Crippen LogP contribution is -2.38. The minimum atomic E-state index is -3.92. The highest BCUT2D eigenvalue weighted by Gasteiger charge is 2.26. The first-order chi connectivity index (χ1) is 15.2. The summed E-state index contributed by atoms with van der Waals surface area (Å²) in [5, 5.41) is 0. The molecule has 1 aliphatic heterocycles. The zero-order valence-corrected chi connectivity index (χ0v) is 18.1. The van der Waals surface area contributed by atoms with Gasteiger partial charge in [0.05, 0.1) is 21.5 Å². The molecule has 4 rings (SSSR count). The Kier molecular flexibility index (Phi) is 5.74. The van der Waals surface area contributed by atoms with Gasteiger partial charge in [0.2, 0.25) is 0 Å². The Balaban J connectivity index is 1.42. The molecular formula is C21H22N4O6S. The normalized spacial score (nSPS) is 15.0. The minimum absolute atomic E-state index is 0.0296. The van der Waals surface area contributed by atoms with Gasteiger partial charge >= 0.3 is 11.7 Å². The van der Waals surface area contributed by atoms with Crippen molar-refractivity contribution in [3.8, 4) is 0 Å². The Labute approximate surface area is 183 Å². The Hall–Kier alpha value is -3.60. The van der Waals surface area contributed by atoms with Gasteiger partial charge in [0.1, 0.15) is 0 Å². The summed E-state index contributed by atoms with van der Waals surface area (Å²) < 4.78 is 33.0. The van der Waals surface area contributed by atoms with Crippen LogP contribution >= 0.6 is 0 Å². The average Bonchev–Trinajstić information content (AvgIpc) is 3.41. The number of H-pyrrole nitrogens is 2. The van der Waals surface area contributed by atoms with Crippen LogP contribution in [0.4, 0.5) is 5.69 Å². The lowest BCUT2D eigenvalue weighted by Gasteiger charge is -2.20. The van der Waals surface area contributed by atoms with E-state index in [-0.39, 0.29) is 22.1 Å². The smallest absolute Gasteiger partial charge is 0.338 e. The fraction of sp³-hybridized carbons (Fsp3) is 0.286.